The van der Waals surface area contributed by atoms with E-state index in [1.807, 2.05) is 12.1 Å². The van der Waals surface area contributed by atoms with Crippen LogP contribution >= 0.6 is 0 Å². The summed E-state index contributed by atoms with van der Waals surface area (Å²) in [7, 11) is 0. The Bertz CT molecular complexity index is 1040. The van der Waals surface area contributed by atoms with E-state index in [1.165, 1.54) is 17.2 Å². The Kier molecular flexibility index (Phi) is 5.19. The van der Waals surface area contributed by atoms with Gasteiger partial charge in [0.1, 0.15) is 17.5 Å². The number of alkyl halides is 3. The van der Waals surface area contributed by atoms with Gasteiger partial charge in [-0.1, -0.05) is 18.9 Å². The molecule has 0 unspecified atom stereocenters. The van der Waals surface area contributed by atoms with Crippen LogP contribution in [0.1, 0.15) is 43.5 Å². The number of aromatic nitrogens is 4. The van der Waals surface area contributed by atoms with Gasteiger partial charge in [-0.05, 0) is 24.5 Å². The minimum atomic E-state index is -4.51. The summed E-state index contributed by atoms with van der Waals surface area (Å²) in [6.07, 6.45) is 4.02. The lowest BCUT2D eigenvalue weighted by Gasteiger charge is -2.34. The minimum absolute atomic E-state index is 0.0636. The highest BCUT2D eigenvalue weighted by Gasteiger charge is 2.39. The van der Waals surface area contributed by atoms with Crippen LogP contribution in [0, 0.1) is 5.92 Å². The highest BCUT2D eigenvalue weighted by atomic mass is 19.4. The van der Waals surface area contributed by atoms with Gasteiger partial charge in [-0.25, -0.2) is 4.98 Å². The minimum Gasteiger partial charge on any atom is -0.474 e. The first-order valence-electron chi connectivity index (χ1n) is 10.8. The Morgan fingerprint density at radius 1 is 1.03 bits per heavy atom. The molecule has 0 amide bonds. The van der Waals surface area contributed by atoms with Gasteiger partial charge < -0.3 is 9.64 Å². The summed E-state index contributed by atoms with van der Waals surface area (Å²) in [6, 6.07) is 7.00. The molecule has 4 heterocycles. The van der Waals surface area contributed by atoms with Gasteiger partial charge in [-0.2, -0.15) is 13.2 Å². The molecule has 2 fully saturated rings. The largest absolute Gasteiger partial charge is 0.474 e. The van der Waals surface area contributed by atoms with Crippen molar-refractivity contribution in [2.24, 2.45) is 5.92 Å². The average Bonchev–Trinajstić information content (AvgIpc) is 3.50. The molecule has 2 aliphatic rings. The van der Waals surface area contributed by atoms with Gasteiger partial charge in [0.15, 0.2) is 5.65 Å². The van der Waals surface area contributed by atoms with Crippen molar-refractivity contribution in [3.63, 3.8) is 0 Å². The van der Waals surface area contributed by atoms with Crippen LogP contribution in [-0.4, -0.2) is 38.8 Å². The molecular formula is C22H24F3N5O. The molecule has 1 aliphatic heterocycles. The molecule has 0 spiro atoms. The summed E-state index contributed by atoms with van der Waals surface area (Å²) in [4.78, 5) is 5.94. The topological polar surface area (TPSA) is 55.5 Å². The van der Waals surface area contributed by atoms with Crippen molar-refractivity contribution in [2.75, 3.05) is 18.0 Å². The Labute approximate surface area is 178 Å². The van der Waals surface area contributed by atoms with Gasteiger partial charge >= 0.3 is 6.18 Å². The fourth-order valence-corrected chi connectivity index (χ4v) is 4.24. The van der Waals surface area contributed by atoms with Crippen LogP contribution in [0.15, 0.2) is 36.7 Å². The molecule has 1 saturated heterocycles. The molecule has 0 radical (unpaired) electrons. The van der Waals surface area contributed by atoms with E-state index < -0.39 is 11.7 Å². The molecular weight excluding hydrogens is 407 g/mol. The van der Waals surface area contributed by atoms with Gasteiger partial charge in [-0.15, -0.1) is 10.2 Å². The van der Waals surface area contributed by atoms with E-state index in [2.05, 4.69) is 15.2 Å². The molecule has 1 saturated carbocycles. The summed E-state index contributed by atoms with van der Waals surface area (Å²) < 4.78 is 49.7. The van der Waals surface area contributed by atoms with Crippen molar-refractivity contribution in [1.29, 1.82) is 0 Å². The molecule has 31 heavy (non-hydrogen) atoms. The van der Waals surface area contributed by atoms with E-state index in [0.717, 1.165) is 6.42 Å². The van der Waals surface area contributed by atoms with E-state index in [4.69, 9.17) is 4.74 Å². The Morgan fingerprint density at radius 2 is 1.84 bits per heavy atom. The molecule has 3 aromatic rings. The number of ether oxygens (including phenoxy) is 1. The SMILES string of the molecule is FC(F)(F)c1c(N2CCC(Oc3ccccn3)CC2)ccn2c(CCC3CC3)nnc12. The predicted octanol–water partition coefficient (Wildman–Crippen LogP) is 4.53. The number of hydrogen-bond donors (Lipinski definition) is 0. The number of anilines is 1. The molecule has 0 atom stereocenters. The van der Waals surface area contributed by atoms with Crippen molar-refractivity contribution in [1.82, 2.24) is 19.6 Å². The number of aryl methyl sites for hydroxylation is 1. The van der Waals surface area contributed by atoms with Gasteiger partial charge in [0.05, 0.1) is 5.69 Å². The third kappa shape index (κ3) is 4.31. The number of nitrogens with zero attached hydrogens (tertiary/aromatic N) is 5. The van der Waals surface area contributed by atoms with Crippen molar-refractivity contribution >= 4 is 11.3 Å². The third-order valence-corrected chi connectivity index (χ3v) is 6.09. The monoisotopic (exact) mass is 431 g/mol. The molecule has 164 valence electrons. The van der Waals surface area contributed by atoms with E-state index in [-0.39, 0.29) is 17.4 Å². The standard InChI is InChI=1S/C22H24F3N5O/c23-22(24,25)20-17(10-14-30-18(27-28-21(20)30)7-6-15-4-5-15)29-12-8-16(9-13-29)31-19-3-1-2-11-26-19/h1-3,10-11,14-16H,4-9,12-13H2. The van der Waals surface area contributed by atoms with Crippen molar-refractivity contribution in [3.8, 4) is 5.88 Å². The van der Waals surface area contributed by atoms with Crippen LogP contribution < -0.4 is 9.64 Å². The van der Waals surface area contributed by atoms with Gasteiger partial charge in [-0.3, -0.25) is 4.40 Å². The third-order valence-electron chi connectivity index (χ3n) is 6.09. The quantitative estimate of drug-likeness (QED) is 0.574. The zero-order valence-corrected chi connectivity index (χ0v) is 17.1. The summed E-state index contributed by atoms with van der Waals surface area (Å²) >= 11 is 0. The smallest absolute Gasteiger partial charge is 0.422 e. The van der Waals surface area contributed by atoms with Crippen LogP contribution in [0.3, 0.4) is 0 Å². The lowest BCUT2D eigenvalue weighted by atomic mass is 10.1. The molecule has 1 aliphatic carbocycles. The lowest BCUT2D eigenvalue weighted by Crippen LogP contribution is -2.39. The second-order valence-corrected chi connectivity index (χ2v) is 8.34. The summed E-state index contributed by atoms with van der Waals surface area (Å²) in [5.74, 6) is 1.82. The first kappa shape index (κ1) is 20.1. The Morgan fingerprint density at radius 3 is 2.52 bits per heavy atom. The maximum Gasteiger partial charge on any atom is 0.422 e. The number of hydrogen-bond acceptors (Lipinski definition) is 5. The maximum absolute atomic E-state index is 14.1. The second kappa shape index (κ2) is 8.01. The van der Waals surface area contributed by atoms with Crippen molar-refractivity contribution in [2.45, 2.75) is 50.8 Å². The van der Waals surface area contributed by atoms with Gasteiger partial charge in [0.25, 0.3) is 0 Å². The van der Waals surface area contributed by atoms with Crippen LogP contribution in [0.2, 0.25) is 0 Å². The number of fused-ring (bicyclic) bond motifs is 1. The van der Waals surface area contributed by atoms with Gasteiger partial charge in [0.2, 0.25) is 5.88 Å². The average molecular weight is 431 g/mol. The lowest BCUT2D eigenvalue weighted by molar-refractivity contribution is -0.136. The van der Waals surface area contributed by atoms with E-state index in [9.17, 15) is 13.2 Å². The van der Waals surface area contributed by atoms with Crippen LogP contribution in [0.4, 0.5) is 18.9 Å². The van der Waals surface area contributed by atoms with Crippen molar-refractivity contribution < 1.29 is 17.9 Å². The maximum atomic E-state index is 14.1. The summed E-state index contributed by atoms with van der Waals surface area (Å²) in [5.41, 5.74) is -0.649. The molecule has 3 aromatic heterocycles. The second-order valence-electron chi connectivity index (χ2n) is 8.34. The van der Waals surface area contributed by atoms with E-state index >= 15 is 0 Å². The number of pyridine rings is 2. The van der Waals surface area contributed by atoms with Crippen LogP contribution in [0.25, 0.3) is 5.65 Å². The fourth-order valence-electron chi connectivity index (χ4n) is 4.24. The summed E-state index contributed by atoms with van der Waals surface area (Å²) in [6.45, 7) is 0.943. The zero-order valence-electron chi connectivity index (χ0n) is 17.1. The van der Waals surface area contributed by atoms with Crippen molar-refractivity contribution in [3.05, 3.63) is 48.0 Å². The molecule has 6 nitrogen and oxygen atoms in total. The molecule has 0 bridgehead atoms. The molecule has 0 aromatic carbocycles. The normalized spacial score (nSPS) is 18.0. The predicted molar refractivity (Wildman–Crippen MR) is 109 cm³/mol. The first-order chi connectivity index (χ1) is 15.0. The highest BCUT2D eigenvalue weighted by Crippen LogP contribution is 2.40. The van der Waals surface area contributed by atoms with Crippen LogP contribution in [-0.2, 0) is 12.6 Å². The zero-order chi connectivity index (χ0) is 21.4. The molecule has 9 heteroatoms. The molecule has 0 N–H and O–H groups in total. The summed E-state index contributed by atoms with van der Waals surface area (Å²) in [5, 5.41) is 8.02. The first-order valence-corrected chi connectivity index (χ1v) is 10.8. The highest BCUT2D eigenvalue weighted by molar-refractivity contribution is 5.67. The Hall–Kier alpha value is -2.84. The van der Waals surface area contributed by atoms with E-state index in [1.54, 1.807) is 29.4 Å². The van der Waals surface area contributed by atoms with Gasteiger partial charge in [0, 0.05) is 50.8 Å². The number of rotatable bonds is 6. The fraction of sp³-hybridized carbons (Fsp3) is 0.500. The Balaban J connectivity index is 1.36. The number of halogens is 3. The van der Waals surface area contributed by atoms with E-state index in [0.29, 0.717) is 50.0 Å². The van der Waals surface area contributed by atoms with Crippen LogP contribution in [0.5, 0.6) is 5.88 Å². The number of piperidine rings is 1. The molecule has 5 rings (SSSR count).